The Kier molecular flexibility index (Phi) is 6.20. The predicted octanol–water partition coefficient (Wildman–Crippen LogP) is 1.27. The van der Waals surface area contributed by atoms with E-state index in [0.29, 0.717) is 13.2 Å². The third kappa shape index (κ3) is 5.13. The molecule has 6 heteroatoms. The quantitative estimate of drug-likeness (QED) is 0.708. The van der Waals surface area contributed by atoms with Crippen molar-refractivity contribution in [3.63, 3.8) is 0 Å². The molecule has 1 aliphatic heterocycles. The van der Waals surface area contributed by atoms with Crippen molar-refractivity contribution in [3.05, 3.63) is 17.0 Å². The first-order valence-corrected chi connectivity index (χ1v) is 7.63. The molecule has 1 atom stereocenters. The van der Waals surface area contributed by atoms with E-state index in [1.54, 1.807) is 0 Å². The molecule has 6 nitrogen and oxygen atoms in total. The van der Waals surface area contributed by atoms with Gasteiger partial charge >= 0.3 is 0 Å². The zero-order valence-electron chi connectivity index (χ0n) is 12.9. The maximum Gasteiger partial charge on any atom is 0.245 e. The molecule has 2 rings (SSSR count). The Bertz CT molecular complexity index is 434. The average molecular weight is 295 g/mol. The molecular formula is C15H25N3O3. The van der Waals surface area contributed by atoms with Crippen LogP contribution in [-0.2, 0) is 20.7 Å². The van der Waals surface area contributed by atoms with Gasteiger partial charge in [-0.25, -0.2) is 0 Å². The van der Waals surface area contributed by atoms with Gasteiger partial charge in [0.05, 0.1) is 18.4 Å². The smallest absolute Gasteiger partial charge is 0.245 e. The number of aromatic amines is 1. The number of ether oxygens (including phenoxy) is 2. The van der Waals surface area contributed by atoms with Crippen LogP contribution >= 0.6 is 0 Å². The number of nitrogens with zero attached hydrogens (tertiary/aromatic N) is 1. The van der Waals surface area contributed by atoms with Gasteiger partial charge in [-0.2, -0.15) is 5.10 Å². The molecule has 2 N–H and O–H groups in total. The molecule has 1 saturated heterocycles. The Morgan fingerprint density at radius 1 is 1.52 bits per heavy atom. The fourth-order valence-electron chi connectivity index (χ4n) is 2.55. The van der Waals surface area contributed by atoms with E-state index in [1.807, 2.05) is 13.8 Å². The third-order valence-corrected chi connectivity index (χ3v) is 3.77. The molecule has 0 unspecified atom stereocenters. The summed E-state index contributed by atoms with van der Waals surface area (Å²) in [5, 5.41) is 10.0. The van der Waals surface area contributed by atoms with Crippen LogP contribution in [0.2, 0.25) is 0 Å². The van der Waals surface area contributed by atoms with Crippen molar-refractivity contribution in [2.24, 2.45) is 0 Å². The lowest BCUT2D eigenvalue weighted by Crippen LogP contribution is -2.30. The number of amides is 1. The first-order chi connectivity index (χ1) is 10.2. The van der Waals surface area contributed by atoms with Crippen molar-refractivity contribution in [2.45, 2.75) is 45.6 Å². The van der Waals surface area contributed by atoms with Gasteiger partial charge in [0.2, 0.25) is 5.91 Å². The Hall–Kier alpha value is -1.40. The summed E-state index contributed by atoms with van der Waals surface area (Å²) < 4.78 is 10.8. The monoisotopic (exact) mass is 295 g/mol. The summed E-state index contributed by atoms with van der Waals surface area (Å²) in [7, 11) is 0. The molecular weight excluding hydrogens is 270 g/mol. The molecule has 1 amide bonds. The molecule has 1 aromatic heterocycles. The predicted molar refractivity (Wildman–Crippen MR) is 79.2 cm³/mol. The molecule has 0 spiro atoms. The lowest BCUT2D eigenvalue weighted by atomic mass is 10.1. The van der Waals surface area contributed by atoms with Gasteiger partial charge in [-0.15, -0.1) is 0 Å². The highest BCUT2D eigenvalue weighted by Gasteiger charge is 2.15. The van der Waals surface area contributed by atoms with E-state index in [9.17, 15) is 4.79 Å². The van der Waals surface area contributed by atoms with Crippen LogP contribution < -0.4 is 5.32 Å². The second-order valence-corrected chi connectivity index (χ2v) is 5.52. The van der Waals surface area contributed by atoms with Crippen molar-refractivity contribution in [2.75, 3.05) is 26.4 Å². The molecule has 118 valence electrons. The maximum absolute atomic E-state index is 11.6. The van der Waals surface area contributed by atoms with Gasteiger partial charge in [0.1, 0.15) is 6.61 Å². The number of H-pyrrole nitrogens is 1. The van der Waals surface area contributed by atoms with Crippen LogP contribution in [0.1, 0.15) is 36.2 Å². The van der Waals surface area contributed by atoms with Gasteiger partial charge in [0.15, 0.2) is 0 Å². The number of carbonyl (C=O) groups excluding carboxylic acids is 1. The molecule has 0 aliphatic carbocycles. The van der Waals surface area contributed by atoms with E-state index in [-0.39, 0.29) is 18.6 Å². The van der Waals surface area contributed by atoms with E-state index in [0.717, 1.165) is 43.7 Å². The highest BCUT2D eigenvalue weighted by Crippen LogP contribution is 2.12. The number of hydrogen-bond acceptors (Lipinski definition) is 4. The highest BCUT2D eigenvalue weighted by atomic mass is 16.5. The van der Waals surface area contributed by atoms with Crippen LogP contribution in [0, 0.1) is 13.8 Å². The van der Waals surface area contributed by atoms with Crippen LogP contribution in [0.3, 0.4) is 0 Å². The maximum atomic E-state index is 11.6. The Labute approximate surface area is 125 Å². The summed E-state index contributed by atoms with van der Waals surface area (Å²) in [6.45, 7) is 6.12. The molecule has 1 aromatic rings. The molecule has 1 fully saturated rings. The standard InChI is InChI=1S/C15H25N3O3/c1-11-14(12(2)18-17-11)6-3-7-16-15(19)10-20-9-13-5-4-8-21-13/h13H,3-10H2,1-2H3,(H,16,19)(H,17,18)/t13-/m0/s1. The SMILES string of the molecule is Cc1n[nH]c(C)c1CCCNC(=O)COC[C@@H]1CCCO1. The van der Waals surface area contributed by atoms with Gasteiger partial charge in [-0.05, 0) is 45.1 Å². The van der Waals surface area contributed by atoms with Gasteiger partial charge in [0, 0.05) is 18.8 Å². The van der Waals surface area contributed by atoms with Gasteiger partial charge in [-0.1, -0.05) is 0 Å². The van der Waals surface area contributed by atoms with Crippen LogP contribution in [0.15, 0.2) is 0 Å². The van der Waals surface area contributed by atoms with Gasteiger partial charge in [-0.3, -0.25) is 9.89 Å². The summed E-state index contributed by atoms with van der Waals surface area (Å²) >= 11 is 0. The van der Waals surface area contributed by atoms with E-state index >= 15 is 0 Å². The largest absolute Gasteiger partial charge is 0.376 e. The lowest BCUT2D eigenvalue weighted by molar-refractivity contribution is -0.126. The van der Waals surface area contributed by atoms with Crippen molar-refractivity contribution in [1.29, 1.82) is 0 Å². The summed E-state index contributed by atoms with van der Waals surface area (Å²) in [6.07, 6.45) is 4.12. The zero-order chi connectivity index (χ0) is 15.1. The normalized spacial score (nSPS) is 18.1. The molecule has 21 heavy (non-hydrogen) atoms. The Morgan fingerprint density at radius 2 is 2.38 bits per heavy atom. The fourth-order valence-corrected chi connectivity index (χ4v) is 2.55. The highest BCUT2D eigenvalue weighted by molar-refractivity contribution is 5.77. The second kappa shape index (κ2) is 8.14. The minimum Gasteiger partial charge on any atom is -0.376 e. The zero-order valence-corrected chi connectivity index (χ0v) is 12.9. The van der Waals surface area contributed by atoms with E-state index in [2.05, 4.69) is 15.5 Å². The molecule has 1 aliphatic rings. The number of rotatable bonds is 8. The van der Waals surface area contributed by atoms with E-state index in [1.165, 1.54) is 5.56 Å². The Morgan fingerprint density at radius 3 is 3.05 bits per heavy atom. The van der Waals surface area contributed by atoms with Crippen molar-refractivity contribution < 1.29 is 14.3 Å². The number of carbonyl (C=O) groups is 1. The second-order valence-electron chi connectivity index (χ2n) is 5.52. The number of aromatic nitrogens is 2. The summed E-state index contributed by atoms with van der Waals surface area (Å²) in [6, 6.07) is 0. The first-order valence-electron chi connectivity index (χ1n) is 7.63. The summed E-state index contributed by atoms with van der Waals surface area (Å²) in [5.41, 5.74) is 3.40. The van der Waals surface area contributed by atoms with Crippen LogP contribution in [-0.4, -0.2) is 48.6 Å². The Balaban J connectivity index is 1.53. The van der Waals surface area contributed by atoms with Crippen LogP contribution in [0.5, 0.6) is 0 Å². The minimum atomic E-state index is -0.0614. The van der Waals surface area contributed by atoms with Crippen molar-refractivity contribution in [3.8, 4) is 0 Å². The lowest BCUT2D eigenvalue weighted by Gasteiger charge is -2.10. The summed E-state index contributed by atoms with van der Waals surface area (Å²) in [4.78, 5) is 11.6. The topological polar surface area (TPSA) is 76.2 Å². The number of hydrogen-bond donors (Lipinski definition) is 2. The van der Waals surface area contributed by atoms with Crippen LogP contribution in [0.4, 0.5) is 0 Å². The van der Waals surface area contributed by atoms with Crippen LogP contribution in [0.25, 0.3) is 0 Å². The van der Waals surface area contributed by atoms with Gasteiger partial charge < -0.3 is 14.8 Å². The molecule has 0 bridgehead atoms. The van der Waals surface area contributed by atoms with E-state index in [4.69, 9.17) is 9.47 Å². The number of nitrogens with one attached hydrogen (secondary N) is 2. The molecule has 0 aromatic carbocycles. The average Bonchev–Trinajstić information content (AvgIpc) is 3.07. The van der Waals surface area contributed by atoms with Crippen molar-refractivity contribution in [1.82, 2.24) is 15.5 Å². The van der Waals surface area contributed by atoms with Gasteiger partial charge in [0.25, 0.3) is 0 Å². The third-order valence-electron chi connectivity index (χ3n) is 3.77. The van der Waals surface area contributed by atoms with Crippen molar-refractivity contribution >= 4 is 5.91 Å². The summed E-state index contributed by atoms with van der Waals surface area (Å²) in [5.74, 6) is -0.0614. The first kappa shape index (κ1) is 16.0. The fraction of sp³-hybridized carbons (Fsp3) is 0.733. The number of aryl methyl sites for hydroxylation is 2. The molecule has 0 saturated carbocycles. The minimum absolute atomic E-state index is 0.0614. The van der Waals surface area contributed by atoms with E-state index < -0.39 is 0 Å². The molecule has 2 heterocycles. The molecule has 0 radical (unpaired) electrons.